The number of hydrogen-bond acceptors (Lipinski definition) is 5. The van der Waals surface area contributed by atoms with Crippen LogP contribution in [0.2, 0.25) is 0 Å². The van der Waals surface area contributed by atoms with Gasteiger partial charge >= 0.3 is 12.1 Å². The van der Waals surface area contributed by atoms with Crippen LogP contribution in [0.15, 0.2) is 36.4 Å². The Labute approximate surface area is 155 Å². The average molecular weight is 382 g/mol. The molecule has 0 amide bonds. The monoisotopic (exact) mass is 382 g/mol. The van der Waals surface area contributed by atoms with Crippen molar-refractivity contribution < 1.29 is 27.4 Å². The van der Waals surface area contributed by atoms with Gasteiger partial charge in [-0.2, -0.15) is 13.2 Å². The molecule has 0 spiro atoms. The van der Waals surface area contributed by atoms with Gasteiger partial charge in [-0.1, -0.05) is 0 Å². The highest BCUT2D eigenvalue weighted by atomic mass is 19.4. The predicted octanol–water partition coefficient (Wildman–Crippen LogP) is 4.16. The Morgan fingerprint density at radius 3 is 2.33 bits per heavy atom. The maximum atomic E-state index is 13.2. The van der Waals surface area contributed by atoms with E-state index in [1.54, 1.807) is 52.2 Å². The standard InChI is InChI=1S/C19H21F3N2O3/c1-5-26-18(25)12(2)27-15-8-6-13(7-9-15)16-10-14(19(20,21)22)11-17(23-16)24(3)4/h6-12H,5H2,1-4H3/t12-/m0/s1. The molecule has 0 radical (unpaired) electrons. The summed E-state index contributed by atoms with van der Waals surface area (Å²) in [4.78, 5) is 17.4. The molecule has 0 unspecified atom stereocenters. The molecule has 0 N–H and O–H groups in total. The highest BCUT2D eigenvalue weighted by Crippen LogP contribution is 2.34. The minimum absolute atomic E-state index is 0.193. The van der Waals surface area contributed by atoms with E-state index in [0.717, 1.165) is 12.1 Å². The molecule has 0 aliphatic carbocycles. The van der Waals surface area contributed by atoms with Gasteiger partial charge in [0, 0.05) is 19.7 Å². The molecule has 0 saturated heterocycles. The number of ether oxygens (including phenoxy) is 2. The lowest BCUT2D eigenvalue weighted by Gasteiger charge is -2.17. The summed E-state index contributed by atoms with van der Waals surface area (Å²) in [5, 5.41) is 0. The normalized spacial score (nSPS) is 12.4. The molecular formula is C19H21F3N2O3. The number of aromatic nitrogens is 1. The molecular weight excluding hydrogens is 361 g/mol. The van der Waals surface area contributed by atoms with Crippen LogP contribution in [0, 0.1) is 0 Å². The van der Waals surface area contributed by atoms with Crippen LogP contribution in [0.3, 0.4) is 0 Å². The van der Waals surface area contributed by atoms with E-state index >= 15 is 0 Å². The molecule has 1 aromatic carbocycles. The van der Waals surface area contributed by atoms with Crippen molar-refractivity contribution in [2.45, 2.75) is 26.1 Å². The van der Waals surface area contributed by atoms with E-state index in [-0.39, 0.29) is 18.1 Å². The number of rotatable bonds is 6. The zero-order valence-electron chi connectivity index (χ0n) is 15.5. The molecule has 0 bridgehead atoms. The summed E-state index contributed by atoms with van der Waals surface area (Å²) in [5.41, 5.74) is -0.0775. The zero-order valence-corrected chi connectivity index (χ0v) is 15.5. The molecule has 2 rings (SSSR count). The molecule has 1 aromatic heterocycles. The summed E-state index contributed by atoms with van der Waals surface area (Å²) in [6.45, 7) is 3.51. The van der Waals surface area contributed by atoms with Crippen molar-refractivity contribution in [3.63, 3.8) is 0 Å². The minimum atomic E-state index is -4.47. The quantitative estimate of drug-likeness (QED) is 0.702. The van der Waals surface area contributed by atoms with E-state index in [1.807, 2.05) is 0 Å². The molecule has 5 nitrogen and oxygen atoms in total. The highest BCUT2D eigenvalue weighted by Gasteiger charge is 2.32. The number of anilines is 1. The van der Waals surface area contributed by atoms with E-state index in [0.29, 0.717) is 11.3 Å². The molecule has 0 aliphatic heterocycles. The van der Waals surface area contributed by atoms with Crippen molar-refractivity contribution in [3.8, 4) is 17.0 Å². The summed E-state index contributed by atoms with van der Waals surface area (Å²) in [6, 6.07) is 8.33. The van der Waals surface area contributed by atoms with Crippen LogP contribution in [0.25, 0.3) is 11.3 Å². The van der Waals surface area contributed by atoms with E-state index in [2.05, 4.69) is 4.98 Å². The SMILES string of the molecule is CCOC(=O)[C@H](C)Oc1ccc(-c2cc(C(F)(F)F)cc(N(C)C)n2)cc1. The second-order valence-corrected chi connectivity index (χ2v) is 6.03. The fraction of sp³-hybridized carbons (Fsp3) is 0.368. The third-order valence-electron chi connectivity index (χ3n) is 3.68. The average Bonchev–Trinajstić information content (AvgIpc) is 2.61. The van der Waals surface area contributed by atoms with Gasteiger partial charge in [-0.25, -0.2) is 9.78 Å². The van der Waals surface area contributed by atoms with Gasteiger partial charge in [0.1, 0.15) is 11.6 Å². The van der Waals surface area contributed by atoms with E-state index < -0.39 is 23.8 Å². The number of alkyl halides is 3. The van der Waals surface area contributed by atoms with Crippen LogP contribution < -0.4 is 9.64 Å². The number of carbonyl (C=O) groups is 1. The van der Waals surface area contributed by atoms with Gasteiger partial charge in [0.2, 0.25) is 0 Å². The number of benzene rings is 1. The van der Waals surface area contributed by atoms with Gasteiger partial charge in [0.05, 0.1) is 17.9 Å². The van der Waals surface area contributed by atoms with Gasteiger partial charge in [-0.15, -0.1) is 0 Å². The fourth-order valence-electron chi connectivity index (χ4n) is 2.27. The Kier molecular flexibility index (Phi) is 6.30. The van der Waals surface area contributed by atoms with Crippen LogP contribution >= 0.6 is 0 Å². The first-order valence-electron chi connectivity index (χ1n) is 8.32. The Morgan fingerprint density at radius 1 is 1.19 bits per heavy atom. The molecule has 27 heavy (non-hydrogen) atoms. The minimum Gasteiger partial charge on any atom is -0.479 e. The lowest BCUT2D eigenvalue weighted by molar-refractivity contribution is -0.150. The van der Waals surface area contributed by atoms with Gasteiger partial charge in [-0.05, 0) is 50.2 Å². The second kappa shape index (κ2) is 8.28. The molecule has 0 aliphatic rings. The first kappa shape index (κ1) is 20.5. The number of esters is 1. The number of pyridine rings is 1. The first-order chi connectivity index (χ1) is 12.6. The first-order valence-corrected chi connectivity index (χ1v) is 8.32. The maximum absolute atomic E-state index is 13.2. The lowest BCUT2D eigenvalue weighted by Crippen LogP contribution is -2.25. The molecule has 2 aromatic rings. The summed E-state index contributed by atoms with van der Waals surface area (Å²) < 4.78 is 49.8. The van der Waals surface area contributed by atoms with Crippen LogP contribution in [-0.4, -0.2) is 37.8 Å². The number of halogens is 3. The Hall–Kier alpha value is -2.77. The van der Waals surface area contributed by atoms with Crippen molar-refractivity contribution in [3.05, 3.63) is 42.0 Å². The van der Waals surface area contributed by atoms with Gasteiger partial charge < -0.3 is 14.4 Å². The zero-order chi connectivity index (χ0) is 20.2. The highest BCUT2D eigenvalue weighted by molar-refractivity contribution is 5.74. The summed E-state index contributed by atoms with van der Waals surface area (Å²) in [7, 11) is 3.25. The molecule has 0 saturated carbocycles. The van der Waals surface area contributed by atoms with Gasteiger partial charge in [-0.3, -0.25) is 0 Å². The van der Waals surface area contributed by atoms with Crippen LogP contribution in [0.5, 0.6) is 5.75 Å². The Morgan fingerprint density at radius 2 is 1.81 bits per heavy atom. The molecule has 146 valence electrons. The van der Waals surface area contributed by atoms with Crippen LogP contribution in [-0.2, 0) is 15.7 Å². The van der Waals surface area contributed by atoms with Crippen molar-refractivity contribution in [1.29, 1.82) is 0 Å². The lowest BCUT2D eigenvalue weighted by atomic mass is 10.1. The topological polar surface area (TPSA) is 51.7 Å². The van der Waals surface area contributed by atoms with Crippen molar-refractivity contribution >= 4 is 11.8 Å². The summed E-state index contributed by atoms with van der Waals surface area (Å²) >= 11 is 0. The van der Waals surface area contributed by atoms with Crippen LogP contribution in [0.1, 0.15) is 19.4 Å². The largest absolute Gasteiger partial charge is 0.479 e. The van der Waals surface area contributed by atoms with E-state index in [9.17, 15) is 18.0 Å². The van der Waals surface area contributed by atoms with Crippen molar-refractivity contribution in [1.82, 2.24) is 4.98 Å². The second-order valence-electron chi connectivity index (χ2n) is 6.03. The smallest absolute Gasteiger partial charge is 0.416 e. The predicted molar refractivity (Wildman–Crippen MR) is 95.7 cm³/mol. The number of carbonyl (C=O) groups excluding carboxylic acids is 1. The summed E-state index contributed by atoms with van der Waals surface area (Å²) in [5.74, 6) is 0.118. The molecule has 0 fully saturated rings. The fourth-order valence-corrected chi connectivity index (χ4v) is 2.27. The number of nitrogens with zero attached hydrogens (tertiary/aromatic N) is 2. The summed E-state index contributed by atoms with van der Waals surface area (Å²) in [6.07, 6.45) is -5.26. The van der Waals surface area contributed by atoms with Gasteiger partial charge in [0.15, 0.2) is 6.10 Å². The van der Waals surface area contributed by atoms with E-state index in [1.165, 1.54) is 4.90 Å². The van der Waals surface area contributed by atoms with Crippen LogP contribution in [0.4, 0.5) is 19.0 Å². The third kappa shape index (κ3) is 5.35. The molecule has 1 atom stereocenters. The Balaban J connectivity index is 2.28. The van der Waals surface area contributed by atoms with Gasteiger partial charge in [0.25, 0.3) is 0 Å². The molecule has 1 heterocycles. The maximum Gasteiger partial charge on any atom is 0.416 e. The molecule has 8 heteroatoms. The number of hydrogen-bond donors (Lipinski definition) is 0. The third-order valence-corrected chi connectivity index (χ3v) is 3.68. The van der Waals surface area contributed by atoms with Crippen molar-refractivity contribution in [2.75, 3.05) is 25.6 Å². The van der Waals surface area contributed by atoms with Crippen molar-refractivity contribution in [2.24, 2.45) is 0 Å². The Bertz CT molecular complexity index is 790. The van der Waals surface area contributed by atoms with E-state index in [4.69, 9.17) is 9.47 Å².